The molecule has 5 nitrogen and oxygen atoms in total. The average molecular weight is 356 g/mol. The molecule has 1 atom stereocenters. The number of rotatable bonds is 5. The number of amides is 1. The van der Waals surface area contributed by atoms with E-state index >= 15 is 0 Å². The first kappa shape index (κ1) is 16.5. The fourth-order valence-electron chi connectivity index (χ4n) is 3.89. The minimum atomic E-state index is -0.113. The van der Waals surface area contributed by atoms with Crippen LogP contribution in [-0.4, -0.2) is 35.0 Å². The van der Waals surface area contributed by atoms with Crippen molar-refractivity contribution in [1.82, 2.24) is 15.3 Å². The highest BCUT2D eigenvalue weighted by molar-refractivity contribution is 7.16. The minimum absolute atomic E-state index is 0.113. The van der Waals surface area contributed by atoms with Crippen LogP contribution >= 0.6 is 11.3 Å². The van der Waals surface area contributed by atoms with E-state index in [1.54, 1.807) is 17.7 Å². The van der Waals surface area contributed by atoms with Crippen LogP contribution in [0.4, 0.5) is 5.82 Å². The Labute approximate surface area is 152 Å². The van der Waals surface area contributed by atoms with Crippen molar-refractivity contribution >= 4 is 33.3 Å². The molecule has 6 heteroatoms. The van der Waals surface area contributed by atoms with Crippen LogP contribution in [0.1, 0.15) is 44.9 Å². The van der Waals surface area contributed by atoms with Gasteiger partial charge in [-0.3, -0.25) is 4.79 Å². The number of allylic oxidation sites excluding steroid dienone is 1. The zero-order valence-electron chi connectivity index (χ0n) is 14.4. The molecule has 0 bridgehead atoms. The number of fused-ring (bicyclic) bond motifs is 1. The highest BCUT2D eigenvalue weighted by atomic mass is 32.1. The first-order chi connectivity index (χ1) is 12.3. The number of hydrogen-bond acceptors (Lipinski definition) is 5. The van der Waals surface area contributed by atoms with E-state index < -0.39 is 0 Å². The van der Waals surface area contributed by atoms with Crippen LogP contribution < -0.4 is 10.2 Å². The molecule has 1 amide bonds. The zero-order valence-corrected chi connectivity index (χ0v) is 15.2. The lowest BCUT2D eigenvalue weighted by atomic mass is 9.97. The van der Waals surface area contributed by atoms with Gasteiger partial charge in [-0.2, -0.15) is 0 Å². The van der Waals surface area contributed by atoms with Gasteiger partial charge in [-0.05, 0) is 56.4 Å². The van der Waals surface area contributed by atoms with Crippen molar-refractivity contribution in [1.29, 1.82) is 0 Å². The molecule has 25 heavy (non-hydrogen) atoms. The van der Waals surface area contributed by atoms with Gasteiger partial charge in [0.15, 0.2) is 0 Å². The van der Waals surface area contributed by atoms with Crippen LogP contribution in [0.25, 0.3) is 10.2 Å². The quantitative estimate of drug-likeness (QED) is 0.831. The van der Waals surface area contributed by atoms with E-state index in [-0.39, 0.29) is 11.9 Å². The Morgan fingerprint density at radius 3 is 3.16 bits per heavy atom. The largest absolute Gasteiger partial charge is 0.354 e. The Morgan fingerprint density at radius 1 is 1.32 bits per heavy atom. The lowest BCUT2D eigenvalue weighted by Crippen LogP contribution is -2.44. The molecule has 1 N–H and O–H groups in total. The lowest BCUT2D eigenvalue weighted by molar-refractivity contribution is -0.122. The summed E-state index contributed by atoms with van der Waals surface area (Å²) in [5.74, 6) is 1.04. The van der Waals surface area contributed by atoms with Crippen LogP contribution in [0.3, 0.4) is 0 Å². The molecule has 4 rings (SSSR count). The van der Waals surface area contributed by atoms with Gasteiger partial charge in [-0.1, -0.05) is 11.6 Å². The summed E-state index contributed by atoms with van der Waals surface area (Å²) < 4.78 is 0. The summed E-state index contributed by atoms with van der Waals surface area (Å²) in [5.41, 5.74) is 1.51. The van der Waals surface area contributed by atoms with Crippen molar-refractivity contribution in [3.8, 4) is 0 Å². The molecular formula is C19H24N4OS. The molecule has 2 aromatic heterocycles. The van der Waals surface area contributed by atoms with Gasteiger partial charge >= 0.3 is 0 Å². The van der Waals surface area contributed by atoms with Gasteiger partial charge < -0.3 is 10.2 Å². The second-order valence-electron chi connectivity index (χ2n) is 6.84. The Kier molecular flexibility index (Phi) is 4.97. The summed E-state index contributed by atoms with van der Waals surface area (Å²) in [6, 6.07) is 1.94. The maximum absolute atomic E-state index is 12.7. The van der Waals surface area contributed by atoms with Crippen molar-refractivity contribution in [2.75, 3.05) is 18.0 Å². The summed E-state index contributed by atoms with van der Waals surface area (Å²) >= 11 is 1.62. The lowest BCUT2D eigenvalue weighted by Gasteiger charge is -2.25. The molecule has 0 unspecified atom stereocenters. The molecule has 0 aromatic carbocycles. The van der Waals surface area contributed by atoms with Crippen LogP contribution in [-0.2, 0) is 4.79 Å². The number of hydrogen-bond donors (Lipinski definition) is 1. The maximum Gasteiger partial charge on any atom is 0.242 e. The van der Waals surface area contributed by atoms with Gasteiger partial charge in [0.05, 0.1) is 5.39 Å². The van der Waals surface area contributed by atoms with Crippen molar-refractivity contribution in [2.24, 2.45) is 0 Å². The smallest absolute Gasteiger partial charge is 0.242 e. The van der Waals surface area contributed by atoms with Gasteiger partial charge in [0.2, 0.25) is 5.91 Å². The number of nitrogens with one attached hydrogen (secondary N) is 1. The summed E-state index contributed by atoms with van der Waals surface area (Å²) in [4.78, 5) is 24.7. The summed E-state index contributed by atoms with van der Waals surface area (Å²) in [5, 5.41) is 6.24. The van der Waals surface area contributed by atoms with E-state index in [0.29, 0.717) is 0 Å². The van der Waals surface area contributed by atoms with E-state index in [2.05, 4.69) is 32.3 Å². The van der Waals surface area contributed by atoms with Gasteiger partial charge in [-0.15, -0.1) is 11.3 Å². The third-order valence-corrected chi connectivity index (χ3v) is 6.02. The fraction of sp³-hybridized carbons (Fsp3) is 0.526. The maximum atomic E-state index is 12.7. The van der Waals surface area contributed by atoms with Crippen molar-refractivity contribution in [2.45, 2.75) is 51.0 Å². The van der Waals surface area contributed by atoms with Gasteiger partial charge in [-0.25, -0.2) is 9.97 Å². The molecule has 1 fully saturated rings. The van der Waals surface area contributed by atoms with Crippen LogP contribution in [0.15, 0.2) is 29.4 Å². The summed E-state index contributed by atoms with van der Waals surface area (Å²) in [6.07, 6.45) is 11.9. The molecular weight excluding hydrogens is 332 g/mol. The second-order valence-corrected chi connectivity index (χ2v) is 7.73. The molecule has 1 aliphatic carbocycles. The molecule has 2 aromatic rings. The number of carbonyl (C=O) groups is 1. The van der Waals surface area contributed by atoms with Crippen molar-refractivity contribution < 1.29 is 4.79 Å². The Bertz CT molecular complexity index is 785. The molecule has 0 saturated carbocycles. The Morgan fingerprint density at radius 2 is 2.28 bits per heavy atom. The number of aromatic nitrogens is 2. The Balaban J connectivity index is 1.41. The first-order valence-corrected chi connectivity index (χ1v) is 10.1. The predicted octanol–water partition coefficient (Wildman–Crippen LogP) is 3.67. The summed E-state index contributed by atoms with van der Waals surface area (Å²) in [7, 11) is 0. The molecule has 132 valence electrons. The van der Waals surface area contributed by atoms with Crippen molar-refractivity contribution in [3.05, 3.63) is 29.4 Å². The SMILES string of the molecule is O=C(NCCC1=CCCCC1)[C@@H]1CCCN1c1ncnc2sccc12. The van der Waals surface area contributed by atoms with Crippen LogP contribution in [0, 0.1) is 0 Å². The predicted molar refractivity (Wildman–Crippen MR) is 102 cm³/mol. The van der Waals surface area contributed by atoms with Crippen LogP contribution in [0.5, 0.6) is 0 Å². The fourth-order valence-corrected chi connectivity index (χ4v) is 4.62. The Hall–Kier alpha value is -1.95. The number of anilines is 1. The number of carbonyl (C=O) groups excluding carboxylic acids is 1. The van der Waals surface area contributed by atoms with E-state index in [9.17, 15) is 4.79 Å². The normalized spacial score (nSPS) is 20.7. The molecule has 3 heterocycles. The molecule has 0 radical (unpaired) electrons. The third kappa shape index (κ3) is 3.54. The van der Waals surface area contributed by atoms with Gasteiger partial charge in [0.25, 0.3) is 0 Å². The highest BCUT2D eigenvalue weighted by Gasteiger charge is 2.32. The topological polar surface area (TPSA) is 58.1 Å². The monoisotopic (exact) mass is 356 g/mol. The molecule has 1 saturated heterocycles. The second kappa shape index (κ2) is 7.52. The summed E-state index contributed by atoms with van der Waals surface area (Å²) in [6.45, 7) is 1.62. The van der Waals surface area contributed by atoms with E-state index in [1.807, 2.05) is 5.38 Å². The highest BCUT2D eigenvalue weighted by Crippen LogP contribution is 2.31. The number of nitrogens with zero attached hydrogens (tertiary/aromatic N) is 3. The average Bonchev–Trinajstić information content (AvgIpc) is 3.31. The minimum Gasteiger partial charge on any atom is -0.354 e. The zero-order chi connectivity index (χ0) is 17.1. The molecule has 0 spiro atoms. The van der Waals surface area contributed by atoms with E-state index in [4.69, 9.17) is 0 Å². The molecule has 2 aliphatic rings. The standard InChI is InChI=1S/C19H24N4OS/c24-18(20-10-8-14-5-2-1-3-6-14)16-7-4-11-23(16)17-15-9-12-25-19(15)22-13-21-17/h5,9,12-13,16H,1-4,6-8,10-11H2,(H,20,24)/t16-/m0/s1. The molecule has 1 aliphatic heterocycles. The van der Waals surface area contributed by atoms with Gasteiger partial charge in [0.1, 0.15) is 23.0 Å². The number of thiophene rings is 1. The van der Waals surface area contributed by atoms with Gasteiger partial charge in [0, 0.05) is 13.1 Å². The van der Waals surface area contributed by atoms with E-state index in [0.717, 1.165) is 48.4 Å². The van der Waals surface area contributed by atoms with Crippen molar-refractivity contribution in [3.63, 3.8) is 0 Å². The third-order valence-electron chi connectivity index (χ3n) is 5.20. The van der Waals surface area contributed by atoms with E-state index in [1.165, 1.54) is 31.3 Å². The first-order valence-electron chi connectivity index (χ1n) is 9.23. The van der Waals surface area contributed by atoms with Crippen LogP contribution in [0.2, 0.25) is 0 Å².